The summed E-state index contributed by atoms with van der Waals surface area (Å²) in [7, 11) is -3.37. The predicted octanol–water partition coefficient (Wildman–Crippen LogP) is 2.86. The summed E-state index contributed by atoms with van der Waals surface area (Å²) < 4.78 is 27.9. The molecule has 2 fully saturated rings. The Morgan fingerprint density at radius 2 is 2.14 bits per heavy atom. The van der Waals surface area contributed by atoms with Crippen LogP contribution in [0, 0.1) is 5.41 Å². The van der Waals surface area contributed by atoms with Gasteiger partial charge in [0, 0.05) is 24.0 Å². The van der Waals surface area contributed by atoms with Gasteiger partial charge in [-0.2, -0.15) is 0 Å². The maximum Gasteiger partial charge on any atom is 0.241 e. The zero-order chi connectivity index (χ0) is 14.9. The molecule has 3 rings (SSSR count). The smallest absolute Gasteiger partial charge is 0.241 e. The highest BCUT2D eigenvalue weighted by Gasteiger charge is 2.42. The zero-order valence-corrected chi connectivity index (χ0v) is 14.2. The number of sulfonamides is 1. The van der Waals surface area contributed by atoms with E-state index >= 15 is 0 Å². The molecule has 0 saturated heterocycles. The fourth-order valence-corrected chi connectivity index (χ4v) is 5.32. The van der Waals surface area contributed by atoms with Gasteiger partial charge in [-0.1, -0.05) is 13.3 Å². The lowest BCUT2D eigenvalue weighted by molar-refractivity contribution is 0.449. The predicted molar refractivity (Wildman–Crippen MR) is 85.9 cm³/mol. The first-order chi connectivity index (χ1) is 10.0. The molecule has 1 aromatic heterocycles. The Bertz CT molecular complexity index is 587. The van der Waals surface area contributed by atoms with Crippen molar-refractivity contribution in [2.45, 2.75) is 62.9 Å². The van der Waals surface area contributed by atoms with Crippen LogP contribution in [0.5, 0.6) is 0 Å². The second kappa shape index (κ2) is 5.99. The molecule has 21 heavy (non-hydrogen) atoms. The van der Waals surface area contributed by atoms with E-state index < -0.39 is 10.0 Å². The van der Waals surface area contributed by atoms with Crippen LogP contribution in [-0.4, -0.2) is 21.0 Å². The van der Waals surface area contributed by atoms with Crippen LogP contribution in [0.15, 0.2) is 16.3 Å². The normalized spacial score (nSPS) is 20.6. The Morgan fingerprint density at radius 3 is 2.76 bits per heavy atom. The van der Waals surface area contributed by atoms with E-state index in [1.54, 1.807) is 6.07 Å². The average Bonchev–Trinajstić information content (AvgIpc) is 3.36. The molecule has 4 nitrogen and oxygen atoms in total. The van der Waals surface area contributed by atoms with Crippen LogP contribution in [0.25, 0.3) is 0 Å². The van der Waals surface area contributed by atoms with Gasteiger partial charge in [-0.15, -0.1) is 11.3 Å². The molecule has 2 N–H and O–H groups in total. The highest BCUT2D eigenvalue weighted by molar-refractivity contribution is 7.89. The summed E-state index contributed by atoms with van der Waals surface area (Å²) in [5.74, 6) is 0. The van der Waals surface area contributed by atoms with Crippen molar-refractivity contribution in [3.63, 3.8) is 0 Å². The van der Waals surface area contributed by atoms with Gasteiger partial charge in [0.05, 0.1) is 4.90 Å². The molecule has 0 bridgehead atoms. The van der Waals surface area contributed by atoms with Crippen molar-refractivity contribution in [1.29, 1.82) is 0 Å². The quantitative estimate of drug-likeness (QED) is 0.733. The summed E-state index contributed by atoms with van der Waals surface area (Å²) in [5, 5.41) is 5.27. The SMILES string of the molecule is CCCC1(CNS(=O)(=O)c2ccsc2CNC2CC2)CC1. The van der Waals surface area contributed by atoms with E-state index in [-0.39, 0.29) is 5.41 Å². The van der Waals surface area contributed by atoms with Crippen LogP contribution < -0.4 is 10.0 Å². The van der Waals surface area contributed by atoms with E-state index in [1.807, 2.05) is 5.38 Å². The second-order valence-electron chi connectivity index (χ2n) is 6.44. The lowest BCUT2D eigenvalue weighted by Crippen LogP contribution is -2.31. The van der Waals surface area contributed by atoms with Gasteiger partial charge < -0.3 is 5.32 Å². The van der Waals surface area contributed by atoms with Crippen molar-refractivity contribution >= 4 is 21.4 Å². The van der Waals surface area contributed by atoms with Gasteiger partial charge in [0.1, 0.15) is 0 Å². The Kier molecular flexibility index (Phi) is 4.41. The third-order valence-electron chi connectivity index (χ3n) is 4.50. The fraction of sp³-hybridized carbons (Fsp3) is 0.733. The summed E-state index contributed by atoms with van der Waals surface area (Å²) in [6.45, 7) is 3.42. The molecule has 0 atom stereocenters. The molecule has 6 heteroatoms. The molecule has 2 saturated carbocycles. The molecule has 0 aliphatic heterocycles. The summed E-state index contributed by atoms with van der Waals surface area (Å²) in [5.41, 5.74) is 0.240. The Labute approximate surface area is 131 Å². The van der Waals surface area contributed by atoms with E-state index in [0.29, 0.717) is 24.0 Å². The fourth-order valence-electron chi connectivity index (χ4n) is 2.77. The minimum atomic E-state index is -3.37. The van der Waals surface area contributed by atoms with Gasteiger partial charge in [0.2, 0.25) is 10.0 Å². The van der Waals surface area contributed by atoms with E-state index in [1.165, 1.54) is 24.2 Å². The molecule has 0 amide bonds. The van der Waals surface area contributed by atoms with Crippen LogP contribution in [0.1, 0.15) is 50.3 Å². The summed E-state index contributed by atoms with van der Waals surface area (Å²) in [6.07, 6.45) is 6.98. The van der Waals surface area contributed by atoms with Crippen LogP contribution >= 0.6 is 11.3 Å². The number of hydrogen-bond acceptors (Lipinski definition) is 4. The Balaban J connectivity index is 1.62. The molecule has 0 spiro atoms. The van der Waals surface area contributed by atoms with Crippen molar-refractivity contribution in [2.75, 3.05) is 6.54 Å². The summed E-state index contributed by atoms with van der Waals surface area (Å²) >= 11 is 1.52. The van der Waals surface area contributed by atoms with Gasteiger partial charge in [0.15, 0.2) is 0 Å². The molecule has 1 heterocycles. The van der Waals surface area contributed by atoms with Crippen LogP contribution in [0.4, 0.5) is 0 Å². The molecule has 118 valence electrons. The van der Waals surface area contributed by atoms with Gasteiger partial charge in [-0.05, 0) is 49.0 Å². The first-order valence-corrected chi connectivity index (χ1v) is 10.2. The molecule has 2 aliphatic carbocycles. The van der Waals surface area contributed by atoms with E-state index in [9.17, 15) is 8.42 Å². The highest BCUT2D eigenvalue weighted by Crippen LogP contribution is 2.49. The van der Waals surface area contributed by atoms with Crippen LogP contribution in [0.2, 0.25) is 0 Å². The molecule has 0 radical (unpaired) electrons. The Hall–Kier alpha value is -0.430. The molecule has 2 aliphatic rings. The maximum absolute atomic E-state index is 12.5. The minimum Gasteiger partial charge on any atom is -0.309 e. The number of nitrogens with one attached hydrogen (secondary N) is 2. The van der Waals surface area contributed by atoms with Crippen molar-refractivity contribution in [2.24, 2.45) is 5.41 Å². The summed E-state index contributed by atoms with van der Waals surface area (Å²) in [4.78, 5) is 1.39. The number of hydrogen-bond donors (Lipinski definition) is 2. The molecule has 1 aromatic rings. The van der Waals surface area contributed by atoms with Gasteiger partial charge in [0.25, 0.3) is 0 Å². The first kappa shape index (κ1) is 15.5. The lowest BCUT2D eigenvalue weighted by atomic mass is 10.0. The topological polar surface area (TPSA) is 58.2 Å². The van der Waals surface area contributed by atoms with Gasteiger partial charge in [-0.25, -0.2) is 13.1 Å². The second-order valence-corrected chi connectivity index (χ2v) is 9.17. The third-order valence-corrected chi connectivity index (χ3v) is 7.03. The first-order valence-electron chi connectivity index (χ1n) is 7.84. The monoisotopic (exact) mass is 328 g/mol. The molecule has 0 unspecified atom stereocenters. The van der Waals surface area contributed by atoms with E-state index in [0.717, 1.165) is 30.6 Å². The van der Waals surface area contributed by atoms with Crippen molar-refractivity contribution in [1.82, 2.24) is 10.0 Å². The number of thiophene rings is 1. The van der Waals surface area contributed by atoms with Crippen LogP contribution in [-0.2, 0) is 16.6 Å². The van der Waals surface area contributed by atoms with Crippen molar-refractivity contribution in [3.8, 4) is 0 Å². The minimum absolute atomic E-state index is 0.240. The van der Waals surface area contributed by atoms with Crippen molar-refractivity contribution in [3.05, 3.63) is 16.3 Å². The molecular formula is C15H24N2O2S2. The third kappa shape index (κ3) is 3.86. The van der Waals surface area contributed by atoms with Gasteiger partial charge in [-0.3, -0.25) is 0 Å². The van der Waals surface area contributed by atoms with E-state index in [4.69, 9.17) is 0 Å². The Morgan fingerprint density at radius 1 is 1.38 bits per heavy atom. The summed E-state index contributed by atoms with van der Waals surface area (Å²) in [6, 6.07) is 2.32. The largest absolute Gasteiger partial charge is 0.309 e. The molecular weight excluding hydrogens is 304 g/mol. The standard InChI is InChI=1S/C15H24N2O2S2/c1-2-6-15(7-8-15)11-17-21(18,19)14-5-9-20-13(14)10-16-12-3-4-12/h5,9,12,16-17H,2-4,6-8,10-11H2,1H3. The van der Waals surface area contributed by atoms with E-state index in [2.05, 4.69) is 17.0 Å². The van der Waals surface area contributed by atoms with Crippen LogP contribution in [0.3, 0.4) is 0 Å². The van der Waals surface area contributed by atoms with Gasteiger partial charge >= 0.3 is 0 Å². The maximum atomic E-state index is 12.5. The number of rotatable bonds is 9. The lowest BCUT2D eigenvalue weighted by Gasteiger charge is -2.15. The highest BCUT2D eigenvalue weighted by atomic mass is 32.2. The zero-order valence-electron chi connectivity index (χ0n) is 12.5. The average molecular weight is 329 g/mol. The van der Waals surface area contributed by atoms with Crippen molar-refractivity contribution < 1.29 is 8.42 Å². The molecule has 0 aromatic carbocycles.